The third-order valence-corrected chi connectivity index (χ3v) is 4.48. The Hall–Kier alpha value is -2.35. The molecule has 150 valence electrons. The van der Waals surface area contributed by atoms with Crippen molar-refractivity contribution in [3.63, 3.8) is 0 Å². The number of halogens is 1. The lowest BCUT2D eigenvalue weighted by Gasteiger charge is -2.21. The van der Waals surface area contributed by atoms with E-state index in [1.54, 1.807) is 38.4 Å². The first-order valence-corrected chi connectivity index (χ1v) is 9.57. The number of hydrazine groups is 1. The number of ether oxygens (including phenoxy) is 2. The molecule has 2 rings (SSSR count). The first-order valence-electron chi connectivity index (χ1n) is 8.78. The molecule has 0 aliphatic carbocycles. The Balaban J connectivity index is 1.80. The van der Waals surface area contributed by atoms with Crippen molar-refractivity contribution in [1.82, 2.24) is 15.8 Å². The summed E-state index contributed by atoms with van der Waals surface area (Å²) in [5, 5.41) is 5.65. The molecule has 2 aromatic carbocycles. The fourth-order valence-electron chi connectivity index (χ4n) is 2.25. The fraction of sp³-hybridized carbons (Fsp3) is 0.300. The second-order valence-corrected chi connectivity index (χ2v) is 6.84. The van der Waals surface area contributed by atoms with Gasteiger partial charge in [-0.1, -0.05) is 23.7 Å². The van der Waals surface area contributed by atoms with Gasteiger partial charge in [0.05, 0.1) is 0 Å². The summed E-state index contributed by atoms with van der Waals surface area (Å²) in [6, 6.07) is 14.4. The summed E-state index contributed by atoms with van der Waals surface area (Å²) in [6.45, 7) is 1.73. The SMILES string of the molecule is COCCCNC(=S)N(C)NC(=O)c1ccc(COc2ccc(Cl)cc2)cc1. The lowest BCUT2D eigenvalue weighted by Crippen LogP contribution is -2.48. The van der Waals surface area contributed by atoms with Crippen LogP contribution in [0.1, 0.15) is 22.3 Å². The summed E-state index contributed by atoms with van der Waals surface area (Å²) in [5.74, 6) is 0.494. The maximum atomic E-state index is 12.4. The Morgan fingerprint density at radius 1 is 1.14 bits per heavy atom. The van der Waals surface area contributed by atoms with E-state index in [4.69, 9.17) is 33.3 Å². The molecule has 0 bridgehead atoms. The zero-order valence-corrected chi connectivity index (χ0v) is 17.5. The molecule has 0 radical (unpaired) electrons. The summed E-state index contributed by atoms with van der Waals surface area (Å²) in [7, 11) is 3.34. The van der Waals surface area contributed by atoms with E-state index in [1.807, 2.05) is 24.3 Å². The molecule has 0 aliphatic heterocycles. The average molecular weight is 422 g/mol. The monoisotopic (exact) mass is 421 g/mol. The van der Waals surface area contributed by atoms with E-state index in [1.165, 1.54) is 5.01 Å². The van der Waals surface area contributed by atoms with E-state index >= 15 is 0 Å². The second kappa shape index (κ2) is 11.5. The molecule has 0 aliphatic rings. The number of carbonyl (C=O) groups excluding carboxylic acids is 1. The van der Waals surface area contributed by atoms with Crippen molar-refractivity contribution >= 4 is 34.8 Å². The van der Waals surface area contributed by atoms with Gasteiger partial charge in [-0.15, -0.1) is 0 Å². The standard InChI is InChI=1S/C20H24ClN3O3S/c1-24(20(28)22-12-3-13-26-2)23-19(25)16-6-4-15(5-7-16)14-27-18-10-8-17(21)9-11-18/h4-11H,3,12-14H2,1-2H3,(H,22,28)(H,23,25). The molecule has 0 saturated heterocycles. The third-order valence-electron chi connectivity index (χ3n) is 3.81. The predicted octanol–water partition coefficient (Wildman–Crippen LogP) is 3.41. The molecule has 1 amide bonds. The maximum absolute atomic E-state index is 12.4. The van der Waals surface area contributed by atoms with Gasteiger partial charge in [-0.3, -0.25) is 15.2 Å². The maximum Gasteiger partial charge on any atom is 0.269 e. The van der Waals surface area contributed by atoms with Gasteiger partial charge in [-0.2, -0.15) is 0 Å². The smallest absolute Gasteiger partial charge is 0.269 e. The zero-order chi connectivity index (χ0) is 20.4. The predicted molar refractivity (Wildman–Crippen MR) is 115 cm³/mol. The van der Waals surface area contributed by atoms with Crippen molar-refractivity contribution in [2.75, 3.05) is 27.3 Å². The van der Waals surface area contributed by atoms with Crippen molar-refractivity contribution in [3.05, 3.63) is 64.7 Å². The van der Waals surface area contributed by atoms with E-state index in [0.717, 1.165) is 17.7 Å². The molecule has 0 spiro atoms. The van der Waals surface area contributed by atoms with Crippen molar-refractivity contribution < 1.29 is 14.3 Å². The average Bonchev–Trinajstić information content (AvgIpc) is 2.71. The van der Waals surface area contributed by atoms with Crippen molar-refractivity contribution in [2.24, 2.45) is 0 Å². The first-order chi connectivity index (χ1) is 13.5. The van der Waals surface area contributed by atoms with Crippen molar-refractivity contribution in [3.8, 4) is 5.75 Å². The van der Waals surface area contributed by atoms with Crippen LogP contribution in [-0.2, 0) is 11.3 Å². The normalized spacial score (nSPS) is 10.2. The van der Waals surface area contributed by atoms with Crippen LogP contribution in [0, 0.1) is 0 Å². The van der Waals surface area contributed by atoms with Gasteiger partial charge in [0, 0.05) is 37.9 Å². The molecule has 0 aromatic heterocycles. The lowest BCUT2D eigenvalue weighted by atomic mass is 10.1. The molecular formula is C20H24ClN3O3S. The molecule has 0 unspecified atom stereocenters. The van der Waals surface area contributed by atoms with Crippen molar-refractivity contribution in [1.29, 1.82) is 0 Å². The highest BCUT2D eigenvalue weighted by molar-refractivity contribution is 7.80. The number of rotatable bonds is 8. The summed E-state index contributed by atoms with van der Waals surface area (Å²) in [6.07, 6.45) is 0.831. The van der Waals surface area contributed by atoms with Crippen molar-refractivity contribution in [2.45, 2.75) is 13.0 Å². The van der Waals surface area contributed by atoms with E-state index in [2.05, 4.69) is 10.7 Å². The quantitative estimate of drug-likeness (QED) is 0.387. The van der Waals surface area contributed by atoms with E-state index in [-0.39, 0.29) is 5.91 Å². The summed E-state index contributed by atoms with van der Waals surface area (Å²) < 4.78 is 10.7. The van der Waals surface area contributed by atoms with E-state index in [0.29, 0.717) is 35.5 Å². The van der Waals surface area contributed by atoms with Crippen LogP contribution in [0.3, 0.4) is 0 Å². The minimum atomic E-state index is -0.242. The van der Waals surface area contributed by atoms with Crippen LogP contribution in [0.4, 0.5) is 0 Å². The zero-order valence-electron chi connectivity index (χ0n) is 15.9. The topological polar surface area (TPSA) is 62.8 Å². The van der Waals surface area contributed by atoms with Gasteiger partial charge < -0.3 is 14.8 Å². The van der Waals surface area contributed by atoms with Gasteiger partial charge >= 0.3 is 0 Å². The van der Waals surface area contributed by atoms with Gasteiger partial charge in [0.2, 0.25) is 0 Å². The van der Waals surface area contributed by atoms with Crippen LogP contribution >= 0.6 is 23.8 Å². The van der Waals surface area contributed by atoms with Crippen LogP contribution in [0.25, 0.3) is 0 Å². The highest BCUT2D eigenvalue weighted by atomic mass is 35.5. The number of hydrogen-bond acceptors (Lipinski definition) is 4. The largest absolute Gasteiger partial charge is 0.489 e. The Kier molecular flexibility index (Phi) is 9.00. The van der Waals surface area contributed by atoms with Gasteiger partial charge in [-0.25, -0.2) is 0 Å². The molecule has 0 saturated carbocycles. The number of methoxy groups -OCH3 is 1. The van der Waals surface area contributed by atoms with Crippen LogP contribution in [-0.4, -0.2) is 43.3 Å². The highest BCUT2D eigenvalue weighted by Gasteiger charge is 2.10. The Morgan fingerprint density at radius 2 is 1.82 bits per heavy atom. The molecule has 6 nitrogen and oxygen atoms in total. The molecule has 0 atom stereocenters. The molecule has 2 aromatic rings. The minimum Gasteiger partial charge on any atom is -0.489 e. The highest BCUT2D eigenvalue weighted by Crippen LogP contribution is 2.17. The van der Waals surface area contributed by atoms with E-state index in [9.17, 15) is 4.79 Å². The second-order valence-electron chi connectivity index (χ2n) is 6.02. The number of benzene rings is 2. The fourth-order valence-corrected chi connectivity index (χ4v) is 2.52. The molecule has 2 N–H and O–H groups in total. The van der Waals surface area contributed by atoms with Gasteiger partial charge in [-0.05, 0) is 60.6 Å². The van der Waals surface area contributed by atoms with E-state index < -0.39 is 0 Å². The number of thiocarbonyl (C=S) groups is 1. The number of hydrogen-bond donors (Lipinski definition) is 2. The summed E-state index contributed by atoms with van der Waals surface area (Å²) >= 11 is 11.1. The summed E-state index contributed by atoms with van der Waals surface area (Å²) in [5.41, 5.74) is 4.22. The van der Waals surface area contributed by atoms with Gasteiger partial charge in [0.15, 0.2) is 5.11 Å². The van der Waals surface area contributed by atoms with Crippen LogP contribution < -0.4 is 15.5 Å². The molecule has 0 fully saturated rings. The number of nitrogens with zero attached hydrogens (tertiary/aromatic N) is 1. The van der Waals surface area contributed by atoms with Crippen LogP contribution in [0.15, 0.2) is 48.5 Å². The van der Waals surface area contributed by atoms with Gasteiger partial charge in [0.25, 0.3) is 5.91 Å². The first kappa shape index (κ1) is 21.9. The third kappa shape index (κ3) is 7.34. The van der Waals surface area contributed by atoms with Crippen LogP contribution in [0.5, 0.6) is 5.75 Å². The molecule has 8 heteroatoms. The number of amides is 1. The molecule has 28 heavy (non-hydrogen) atoms. The Morgan fingerprint density at radius 3 is 2.46 bits per heavy atom. The van der Waals surface area contributed by atoms with Crippen LogP contribution in [0.2, 0.25) is 5.02 Å². The summed E-state index contributed by atoms with van der Waals surface area (Å²) in [4.78, 5) is 12.4. The molecule has 0 heterocycles. The number of nitrogens with one attached hydrogen (secondary N) is 2. The molecular weight excluding hydrogens is 398 g/mol. The number of carbonyl (C=O) groups is 1. The Bertz CT molecular complexity index is 769. The van der Waals surface area contributed by atoms with Gasteiger partial charge in [0.1, 0.15) is 12.4 Å². The Labute approximate surface area is 175 Å². The minimum absolute atomic E-state index is 0.242. The lowest BCUT2D eigenvalue weighted by molar-refractivity contribution is 0.0886.